The van der Waals surface area contributed by atoms with E-state index in [0.717, 1.165) is 35.6 Å². The third-order valence-electron chi connectivity index (χ3n) is 12.2. The summed E-state index contributed by atoms with van der Waals surface area (Å²) in [6.45, 7) is 22.4. The van der Waals surface area contributed by atoms with Crippen LogP contribution in [0.25, 0.3) is 10.8 Å². The Morgan fingerprint density at radius 2 is 1.21 bits per heavy atom. The van der Waals surface area contributed by atoms with Gasteiger partial charge in [0.1, 0.15) is 5.60 Å². The summed E-state index contributed by atoms with van der Waals surface area (Å²) in [5.41, 5.74) is 3.03. The molecule has 0 spiro atoms. The number of hydrogen-bond acceptors (Lipinski definition) is 11. The predicted octanol–water partition coefficient (Wildman–Crippen LogP) is 9.75. The Morgan fingerprint density at radius 1 is 0.662 bits per heavy atom. The third-order valence-corrected chi connectivity index (χ3v) is 15.2. The number of carbonyl (C=O) groups is 3. The molecule has 1 amide bonds. The van der Waals surface area contributed by atoms with Crippen LogP contribution in [0.5, 0.6) is 23.0 Å². The smallest absolute Gasteiger partial charge is 0.493 e. The molecule has 0 bridgehead atoms. The van der Waals surface area contributed by atoms with Crippen molar-refractivity contribution < 1.29 is 83.5 Å². The fourth-order valence-electron chi connectivity index (χ4n) is 8.54. The molecular formula is C60H83N2O12P2Pd+5. The second-order valence-electron chi connectivity index (χ2n) is 20.2. The number of nitrogens with zero attached hydrogens (tertiary/aromatic N) is 2. The van der Waals surface area contributed by atoms with Crippen molar-refractivity contribution in [2.24, 2.45) is 22.7 Å². The molecular weight excluding hydrogens is 1110 g/mol. The Hall–Kier alpha value is -5.51. The maximum atomic E-state index is 13.2. The van der Waals surface area contributed by atoms with Gasteiger partial charge in [-0.1, -0.05) is 60.7 Å². The number of allylic oxidation sites excluding steroid dienone is 8. The second kappa shape index (κ2) is 31.8. The topological polar surface area (TPSA) is 194 Å². The van der Waals surface area contributed by atoms with E-state index in [2.05, 4.69) is 117 Å². The third kappa shape index (κ3) is 19.1. The molecule has 2 aliphatic heterocycles. The van der Waals surface area contributed by atoms with E-state index in [1.807, 2.05) is 18.3 Å². The molecule has 2 unspecified atom stereocenters. The number of fused-ring (bicyclic) bond motifs is 4. The summed E-state index contributed by atoms with van der Waals surface area (Å²) in [5.74, 6) is 0.560. The molecule has 4 aliphatic rings. The van der Waals surface area contributed by atoms with Crippen molar-refractivity contribution in [2.45, 2.75) is 79.1 Å². The Balaban J connectivity index is 0.000000387. The van der Waals surface area contributed by atoms with Crippen LogP contribution in [0, 0.1) is 17.8 Å². The number of hydrogen-bond donors (Lipinski definition) is 0. The molecule has 420 valence electrons. The van der Waals surface area contributed by atoms with E-state index in [1.165, 1.54) is 40.4 Å². The summed E-state index contributed by atoms with van der Waals surface area (Å²) >= 11 is 0. The molecule has 4 N–H and O–H groups in total. The summed E-state index contributed by atoms with van der Waals surface area (Å²) < 4.78 is 39.1. The van der Waals surface area contributed by atoms with Gasteiger partial charge in [0, 0.05) is 46.9 Å². The molecule has 0 fully saturated rings. The fourth-order valence-corrected chi connectivity index (χ4v) is 10.4. The number of esters is 2. The number of benzene rings is 4. The van der Waals surface area contributed by atoms with Crippen molar-refractivity contribution in [3.63, 3.8) is 0 Å². The van der Waals surface area contributed by atoms with Gasteiger partial charge in [-0.25, -0.2) is 0 Å². The first-order valence-corrected chi connectivity index (χ1v) is 30.3. The molecule has 2 atom stereocenters. The van der Waals surface area contributed by atoms with Gasteiger partial charge in [0.05, 0.1) is 83.5 Å². The quantitative estimate of drug-likeness (QED) is 0.0348. The maximum absolute atomic E-state index is 13.2. The normalized spacial score (nSPS) is 15.5. The number of amides is 1. The summed E-state index contributed by atoms with van der Waals surface area (Å²) in [5, 5.41) is 5.80. The molecule has 2 aliphatic carbocycles. The minimum absolute atomic E-state index is 0. The molecule has 0 saturated heterocycles. The number of aliphatic imine (C=N–C) groups is 1. The van der Waals surface area contributed by atoms with Gasteiger partial charge in [-0.2, -0.15) is 4.79 Å². The first kappa shape index (κ1) is 67.6. The van der Waals surface area contributed by atoms with Crippen LogP contribution in [0.1, 0.15) is 70.7 Å². The molecule has 0 radical (unpaired) electrons. The standard InChI is InChI=1S/C25H36NO8.C12H15P.C12H13P.C11H13NO2.2H2O.Pd/c1-14(2)32-22(27)20(23(28)33-15(3)4)21-17-13-19(31-9)18(30-8)12-16(17)10-11-26(21)24(29)34-25(5,6)7;2*1-13(2)12-8-7-10-5-3-4-6-11(10)9-12;1-13-10-5-8-3-4-12-7-9(8)6-11(10)14-2;;;/h12-15,20H,10-11H2,1-9H3;3-11H,1-2H3;3-9H,1-2H3;5-7H,3-4H2,1-2H3;2*1H2;/q+1;;;;;;+2/p+2. The van der Waals surface area contributed by atoms with Crippen molar-refractivity contribution in [1.29, 1.82) is 0 Å². The van der Waals surface area contributed by atoms with E-state index in [-0.39, 0.29) is 59.5 Å². The molecule has 14 nitrogen and oxygen atoms in total. The molecule has 8 rings (SSSR count). The van der Waals surface area contributed by atoms with E-state index in [0.29, 0.717) is 35.3 Å². The first-order valence-electron chi connectivity index (χ1n) is 25.3. The van der Waals surface area contributed by atoms with Crippen LogP contribution in [0.15, 0.2) is 120 Å². The predicted molar refractivity (Wildman–Crippen MR) is 314 cm³/mol. The molecule has 17 heteroatoms. The van der Waals surface area contributed by atoms with Gasteiger partial charge in [-0.05, 0) is 131 Å². The average molecular weight is 1190 g/mol. The van der Waals surface area contributed by atoms with E-state index in [9.17, 15) is 14.4 Å². The zero-order valence-corrected chi connectivity index (χ0v) is 51.0. The van der Waals surface area contributed by atoms with Gasteiger partial charge in [0.15, 0.2) is 29.5 Å². The monoisotopic (exact) mass is 1190 g/mol. The zero-order chi connectivity index (χ0) is 54.3. The van der Waals surface area contributed by atoms with Crippen LogP contribution in [-0.2, 0) is 57.1 Å². The summed E-state index contributed by atoms with van der Waals surface area (Å²) in [6, 6.07) is 22.8. The van der Waals surface area contributed by atoms with Crippen molar-refractivity contribution in [3.05, 3.63) is 137 Å². The van der Waals surface area contributed by atoms with Gasteiger partial charge >= 0.3 is 38.5 Å². The maximum Gasteiger partial charge on any atom is 2.00 e. The van der Waals surface area contributed by atoms with E-state index in [1.54, 1.807) is 80.1 Å². The molecule has 77 heavy (non-hydrogen) atoms. The molecule has 4 aromatic rings. The minimum atomic E-state index is -1.51. The van der Waals surface area contributed by atoms with Crippen molar-refractivity contribution in [3.8, 4) is 23.0 Å². The van der Waals surface area contributed by atoms with Crippen molar-refractivity contribution in [1.82, 2.24) is 0 Å². The van der Waals surface area contributed by atoms with E-state index < -0.39 is 41.8 Å². The molecule has 4 aromatic carbocycles. The van der Waals surface area contributed by atoms with E-state index in [4.69, 9.17) is 33.2 Å². The minimum Gasteiger partial charge on any atom is -0.493 e. The number of methoxy groups -OCH3 is 4. The Morgan fingerprint density at radius 3 is 1.75 bits per heavy atom. The number of carbonyl (C=O) groups excluding carboxylic acids is 3. The molecule has 0 aromatic heterocycles. The van der Waals surface area contributed by atoms with Gasteiger partial charge in [-0.3, -0.25) is 14.6 Å². The van der Waals surface area contributed by atoms with Gasteiger partial charge < -0.3 is 44.1 Å². The number of ether oxygens (including phenoxy) is 7. The molecule has 0 saturated carbocycles. The zero-order valence-electron chi connectivity index (χ0n) is 47.5. The summed E-state index contributed by atoms with van der Waals surface area (Å²) in [7, 11) is 5.73. The van der Waals surface area contributed by atoms with Crippen LogP contribution >= 0.6 is 15.8 Å². The first-order chi connectivity index (χ1) is 35.2. The van der Waals surface area contributed by atoms with Crippen molar-refractivity contribution in [2.75, 3.05) is 68.2 Å². The Kier molecular flexibility index (Phi) is 27.9. The van der Waals surface area contributed by atoms with Crippen molar-refractivity contribution >= 4 is 61.9 Å². The average Bonchev–Trinajstić information content (AvgIpc) is 3.37. The second-order valence-corrected chi connectivity index (χ2v) is 25.3. The Bertz CT molecular complexity index is 2790. The summed E-state index contributed by atoms with van der Waals surface area (Å²) in [4.78, 5) is 43.9. The Labute approximate surface area is 472 Å². The van der Waals surface area contributed by atoms with Crippen LogP contribution in [0.4, 0.5) is 4.79 Å². The van der Waals surface area contributed by atoms with Crippen LogP contribution in [-0.4, -0.2) is 131 Å². The fraction of sp³-hybridized carbons (Fsp3) is 0.417. The van der Waals surface area contributed by atoms with E-state index >= 15 is 0 Å². The van der Waals surface area contributed by atoms with Gasteiger partial charge in [0.25, 0.3) is 0 Å². The SMILES string of the molecule is COc1cc2c(cc1OC)C(C(C(=O)OC(C)C)C(=O)OC(C)C)=[N+](C(=O)OC(C)(C)C)CC2.COc1cc2c(cc1OC)CCN=C2.C[PH+](C)C1=CC2C=CC=CC2C=C1.C[PH+](C)c1ccc2ccccc2c1.O.O.[Pd+2]. The van der Waals surface area contributed by atoms with Gasteiger partial charge in [0.2, 0.25) is 11.6 Å². The van der Waals surface area contributed by atoms with Crippen LogP contribution < -0.4 is 24.3 Å². The summed E-state index contributed by atoms with van der Waals surface area (Å²) in [6.07, 6.45) is 17.7. The van der Waals surface area contributed by atoms with Gasteiger partial charge in [-0.15, -0.1) is 4.58 Å². The number of rotatable bonds is 11. The largest absolute Gasteiger partial charge is 2.00 e. The van der Waals surface area contributed by atoms with Crippen LogP contribution in [0.3, 0.4) is 0 Å². The van der Waals surface area contributed by atoms with Crippen LogP contribution in [0.2, 0.25) is 0 Å². The molecule has 2 heterocycles.